The quantitative estimate of drug-likeness (QED) is 0.910. The molecular formula is C12H12F3NO4. The molecule has 1 amide bonds. The molecule has 0 atom stereocenters. The molecule has 1 aliphatic heterocycles. The number of rotatable bonds is 2. The number of carbonyl (C=O) groups is 1. The first-order valence-electron chi connectivity index (χ1n) is 5.84. The lowest BCUT2D eigenvalue weighted by Gasteiger charge is -2.11. The van der Waals surface area contributed by atoms with E-state index in [0.717, 1.165) is 6.42 Å². The Labute approximate surface area is 112 Å². The third kappa shape index (κ3) is 4.22. The van der Waals surface area contributed by atoms with Gasteiger partial charge in [-0.25, -0.2) is 4.79 Å². The molecule has 20 heavy (non-hydrogen) atoms. The molecule has 8 heteroatoms. The van der Waals surface area contributed by atoms with Crippen LogP contribution in [-0.4, -0.2) is 32.1 Å². The molecule has 0 bridgehead atoms. The molecule has 1 aliphatic rings. The van der Waals surface area contributed by atoms with Gasteiger partial charge in [-0.3, -0.25) is 5.32 Å². The van der Waals surface area contributed by atoms with Crippen LogP contribution in [-0.2, 0) is 4.74 Å². The van der Waals surface area contributed by atoms with E-state index in [2.05, 4.69) is 10.1 Å². The van der Waals surface area contributed by atoms with Gasteiger partial charge < -0.3 is 14.2 Å². The highest BCUT2D eigenvalue weighted by Crippen LogP contribution is 2.32. The zero-order chi connectivity index (χ0) is 14.6. The van der Waals surface area contributed by atoms with Crippen molar-refractivity contribution < 1.29 is 32.2 Å². The summed E-state index contributed by atoms with van der Waals surface area (Å²) in [6.07, 6.45) is -5.01. The van der Waals surface area contributed by atoms with Gasteiger partial charge in [-0.15, -0.1) is 0 Å². The molecule has 0 fully saturated rings. The first-order chi connectivity index (χ1) is 9.44. The molecule has 1 heterocycles. The molecular weight excluding hydrogens is 279 g/mol. The first-order valence-corrected chi connectivity index (χ1v) is 5.84. The monoisotopic (exact) mass is 291 g/mol. The van der Waals surface area contributed by atoms with E-state index in [-0.39, 0.29) is 5.69 Å². The van der Waals surface area contributed by atoms with Gasteiger partial charge in [0.1, 0.15) is 0 Å². The molecule has 2 rings (SSSR count). The second kappa shape index (κ2) is 5.89. The van der Waals surface area contributed by atoms with Crippen LogP contribution in [0.5, 0.6) is 11.5 Å². The van der Waals surface area contributed by atoms with Crippen molar-refractivity contribution in [1.29, 1.82) is 0 Å². The van der Waals surface area contributed by atoms with Gasteiger partial charge in [0, 0.05) is 18.2 Å². The van der Waals surface area contributed by atoms with Crippen LogP contribution in [0.1, 0.15) is 6.42 Å². The summed E-state index contributed by atoms with van der Waals surface area (Å²) in [7, 11) is 0. The smallest absolute Gasteiger partial charge is 0.422 e. The minimum Gasteiger partial charge on any atom is -0.490 e. The van der Waals surface area contributed by atoms with Crippen LogP contribution < -0.4 is 14.8 Å². The molecule has 0 saturated heterocycles. The Bertz CT molecular complexity index is 490. The zero-order valence-electron chi connectivity index (χ0n) is 10.3. The normalized spacial score (nSPS) is 14.3. The first kappa shape index (κ1) is 14.3. The molecule has 1 aromatic carbocycles. The van der Waals surface area contributed by atoms with Crippen molar-refractivity contribution in [3.05, 3.63) is 18.2 Å². The van der Waals surface area contributed by atoms with Crippen LogP contribution in [0, 0.1) is 0 Å². The average molecular weight is 291 g/mol. The highest BCUT2D eigenvalue weighted by Gasteiger charge is 2.29. The Balaban J connectivity index is 1.96. The summed E-state index contributed by atoms with van der Waals surface area (Å²) in [4.78, 5) is 11.2. The van der Waals surface area contributed by atoms with Gasteiger partial charge in [0.05, 0.1) is 13.2 Å². The number of fused-ring (bicyclic) bond motifs is 1. The number of benzene rings is 1. The second-order valence-electron chi connectivity index (χ2n) is 4.03. The van der Waals surface area contributed by atoms with Gasteiger partial charge in [0.15, 0.2) is 18.1 Å². The zero-order valence-corrected chi connectivity index (χ0v) is 10.3. The van der Waals surface area contributed by atoms with Crippen LogP contribution in [0.4, 0.5) is 23.7 Å². The van der Waals surface area contributed by atoms with Crippen LogP contribution >= 0.6 is 0 Å². The van der Waals surface area contributed by atoms with Crippen molar-refractivity contribution in [2.24, 2.45) is 0 Å². The highest BCUT2D eigenvalue weighted by molar-refractivity contribution is 5.85. The van der Waals surface area contributed by atoms with E-state index in [4.69, 9.17) is 9.47 Å². The SMILES string of the molecule is O=C(Nc1ccc2c(c1)OCCCO2)OCC(F)(F)F. The van der Waals surface area contributed by atoms with E-state index in [0.29, 0.717) is 24.7 Å². The third-order valence-corrected chi connectivity index (χ3v) is 2.36. The van der Waals surface area contributed by atoms with E-state index in [9.17, 15) is 18.0 Å². The maximum Gasteiger partial charge on any atom is 0.422 e. The highest BCUT2D eigenvalue weighted by atomic mass is 19.4. The Morgan fingerprint density at radius 1 is 1.25 bits per heavy atom. The fraction of sp³-hybridized carbons (Fsp3) is 0.417. The van der Waals surface area contributed by atoms with Crippen molar-refractivity contribution in [2.75, 3.05) is 25.1 Å². The Morgan fingerprint density at radius 2 is 1.95 bits per heavy atom. The summed E-state index contributed by atoms with van der Waals surface area (Å²) in [5, 5.41) is 2.19. The van der Waals surface area contributed by atoms with E-state index in [1.165, 1.54) is 12.1 Å². The number of halogens is 3. The molecule has 1 aromatic rings. The van der Waals surface area contributed by atoms with E-state index in [1.807, 2.05) is 0 Å². The lowest BCUT2D eigenvalue weighted by atomic mass is 10.3. The maximum atomic E-state index is 11.9. The van der Waals surface area contributed by atoms with Crippen molar-refractivity contribution in [2.45, 2.75) is 12.6 Å². The van der Waals surface area contributed by atoms with Crippen molar-refractivity contribution in [1.82, 2.24) is 0 Å². The Hall–Kier alpha value is -2.12. The fourth-order valence-corrected chi connectivity index (χ4v) is 1.54. The van der Waals surface area contributed by atoms with E-state index >= 15 is 0 Å². The van der Waals surface area contributed by atoms with E-state index in [1.54, 1.807) is 6.07 Å². The van der Waals surface area contributed by atoms with Crippen LogP contribution in [0.3, 0.4) is 0 Å². The molecule has 0 aliphatic carbocycles. The molecule has 0 radical (unpaired) electrons. The second-order valence-corrected chi connectivity index (χ2v) is 4.03. The van der Waals surface area contributed by atoms with Gasteiger partial charge in [-0.1, -0.05) is 0 Å². The minimum atomic E-state index is -4.55. The maximum absolute atomic E-state index is 11.9. The Morgan fingerprint density at radius 3 is 2.65 bits per heavy atom. The van der Waals surface area contributed by atoms with Crippen molar-refractivity contribution in [3.63, 3.8) is 0 Å². The number of ether oxygens (including phenoxy) is 3. The number of nitrogens with one attached hydrogen (secondary N) is 1. The summed E-state index contributed by atoms with van der Waals surface area (Å²) < 4.78 is 50.5. The number of amides is 1. The lowest BCUT2D eigenvalue weighted by molar-refractivity contribution is -0.159. The topological polar surface area (TPSA) is 56.8 Å². The van der Waals surface area contributed by atoms with Crippen LogP contribution in [0.2, 0.25) is 0 Å². The largest absolute Gasteiger partial charge is 0.490 e. The number of anilines is 1. The van der Waals surface area contributed by atoms with Gasteiger partial charge in [0.25, 0.3) is 0 Å². The Kier molecular flexibility index (Phi) is 4.21. The number of alkyl halides is 3. The van der Waals surface area contributed by atoms with Crippen molar-refractivity contribution >= 4 is 11.8 Å². The fourth-order valence-electron chi connectivity index (χ4n) is 1.54. The number of hydrogen-bond acceptors (Lipinski definition) is 4. The van der Waals surface area contributed by atoms with Crippen molar-refractivity contribution in [3.8, 4) is 11.5 Å². The molecule has 5 nitrogen and oxygen atoms in total. The van der Waals surface area contributed by atoms with Gasteiger partial charge >= 0.3 is 12.3 Å². The molecule has 0 aromatic heterocycles. The standard InChI is InChI=1S/C12H12F3NO4/c13-12(14,15)7-20-11(17)16-8-2-3-9-10(6-8)19-5-1-4-18-9/h2-3,6H,1,4-5,7H2,(H,16,17). The molecule has 0 saturated carbocycles. The van der Waals surface area contributed by atoms with Crippen LogP contribution in [0.25, 0.3) is 0 Å². The predicted octanol–water partition coefficient (Wildman–Crippen LogP) is 2.96. The average Bonchev–Trinajstić information content (AvgIpc) is 2.60. The molecule has 0 unspecified atom stereocenters. The number of carbonyl (C=O) groups excluding carboxylic acids is 1. The van der Waals surface area contributed by atoms with Gasteiger partial charge in [-0.05, 0) is 12.1 Å². The summed E-state index contributed by atoms with van der Waals surface area (Å²) in [6, 6.07) is 4.53. The van der Waals surface area contributed by atoms with Gasteiger partial charge in [-0.2, -0.15) is 13.2 Å². The molecule has 0 spiro atoms. The third-order valence-electron chi connectivity index (χ3n) is 2.36. The summed E-state index contributed by atoms with van der Waals surface area (Å²) >= 11 is 0. The summed E-state index contributed by atoms with van der Waals surface area (Å²) in [5.74, 6) is 0.952. The minimum absolute atomic E-state index is 0.265. The molecule has 110 valence electrons. The number of hydrogen-bond donors (Lipinski definition) is 1. The lowest BCUT2D eigenvalue weighted by Crippen LogP contribution is -2.23. The predicted molar refractivity (Wildman–Crippen MR) is 63.1 cm³/mol. The molecule has 1 N–H and O–H groups in total. The summed E-state index contributed by atoms with van der Waals surface area (Å²) in [5.41, 5.74) is 0.265. The van der Waals surface area contributed by atoms with Crippen LogP contribution in [0.15, 0.2) is 18.2 Å². The van der Waals surface area contributed by atoms with Gasteiger partial charge in [0.2, 0.25) is 0 Å². The summed E-state index contributed by atoms with van der Waals surface area (Å²) in [6.45, 7) is -0.647. The van der Waals surface area contributed by atoms with E-state index < -0.39 is 18.9 Å².